The Hall–Kier alpha value is -2.57. The Morgan fingerprint density at radius 2 is 1.79 bits per heavy atom. The van der Waals surface area contributed by atoms with E-state index in [9.17, 15) is 0 Å². The van der Waals surface area contributed by atoms with Gasteiger partial charge in [0.15, 0.2) is 16.6 Å². The van der Waals surface area contributed by atoms with Crippen LogP contribution in [0.4, 0.5) is 0 Å². The smallest absolute Gasteiger partial charge is 0.231 e. The maximum atomic E-state index is 5.59. The molecule has 2 aromatic rings. The molecule has 5 nitrogen and oxygen atoms in total. The summed E-state index contributed by atoms with van der Waals surface area (Å²) in [5.41, 5.74) is 2.38. The van der Waals surface area contributed by atoms with Crippen molar-refractivity contribution in [2.24, 2.45) is 0 Å². The number of benzene rings is 2. The van der Waals surface area contributed by atoms with Gasteiger partial charge in [0.25, 0.3) is 0 Å². The maximum Gasteiger partial charge on any atom is 0.231 e. The van der Waals surface area contributed by atoms with Crippen LogP contribution in [-0.4, -0.2) is 54.4 Å². The maximum absolute atomic E-state index is 5.59. The third-order valence-electron chi connectivity index (χ3n) is 5.01. The fraction of sp³-hybridized carbons (Fsp3) is 0.318. The number of piperazine rings is 1. The quantitative estimate of drug-likeness (QED) is 0.784. The number of rotatable bonds is 5. The van der Waals surface area contributed by atoms with E-state index in [0.29, 0.717) is 13.3 Å². The number of hydrogen-bond acceptors (Lipinski definition) is 4. The summed E-state index contributed by atoms with van der Waals surface area (Å²) in [6.45, 7) is 5.90. The molecule has 2 heterocycles. The lowest BCUT2D eigenvalue weighted by molar-refractivity contribution is 0.174. The topological polar surface area (TPSA) is 37.0 Å². The third-order valence-corrected chi connectivity index (χ3v) is 5.42. The van der Waals surface area contributed by atoms with Crippen LogP contribution < -0.4 is 14.8 Å². The molecule has 2 aromatic carbocycles. The summed E-state index contributed by atoms with van der Waals surface area (Å²) in [4.78, 5) is 4.70. The molecule has 0 aromatic heterocycles. The monoisotopic (exact) mass is 395 g/mol. The molecule has 4 rings (SSSR count). The Morgan fingerprint density at radius 1 is 1.00 bits per heavy atom. The van der Waals surface area contributed by atoms with Crippen molar-refractivity contribution in [1.82, 2.24) is 15.1 Å². The van der Waals surface area contributed by atoms with Gasteiger partial charge in [-0.25, -0.2) is 0 Å². The van der Waals surface area contributed by atoms with E-state index in [1.165, 1.54) is 5.56 Å². The summed E-state index contributed by atoms with van der Waals surface area (Å²) in [6.07, 6.45) is 4.42. The van der Waals surface area contributed by atoms with E-state index in [0.717, 1.165) is 54.9 Å². The standard InChI is InChI=1S/C22H25N3O2S/c28-22(23-16-19-8-9-20-21(15-19)27-17-26-20)25-13-11-24(12-14-25)10-4-7-18-5-2-1-3-6-18/h1-9,15H,10-14,16-17H2,(H,23,28)/b7-4+. The minimum atomic E-state index is 0.301. The number of nitrogens with zero attached hydrogens (tertiary/aromatic N) is 2. The lowest BCUT2D eigenvalue weighted by Crippen LogP contribution is -2.51. The van der Waals surface area contributed by atoms with Crippen LogP contribution >= 0.6 is 12.2 Å². The summed E-state index contributed by atoms with van der Waals surface area (Å²) in [5.74, 6) is 1.62. The van der Waals surface area contributed by atoms with Crippen molar-refractivity contribution in [3.8, 4) is 11.5 Å². The molecule has 0 atom stereocenters. The molecule has 2 aliphatic heterocycles. The number of fused-ring (bicyclic) bond motifs is 1. The summed E-state index contributed by atoms with van der Waals surface area (Å²) in [6, 6.07) is 16.4. The minimum Gasteiger partial charge on any atom is -0.454 e. The van der Waals surface area contributed by atoms with Gasteiger partial charge in [-0.3, -0.25) is 4.90 Å². The second-order valence-corrected chi connectivity index (χ2v) is 7.33. The van der Waals surface area contributed by atoms with Crippen LogP contribution in [0, 0.1) is 0 Å². The molecule has 0 saturated carbocycles. The SMILES string of the molecule is S=C(NCc1ccc2c(c1)OCO2)N1CCN(C/C=C/c2ccccc2)CC1. The molecule has 146 valence electrons. The zero-order chi connectivity index (χ0) is 19.2. The van der Waals surface area contributed by atoms with Crippen molar-refractivity contribution in [2.75, 3.05) is 39.5 Å². The van der Waals surface area contributed by atoms with Gasteiger partial charge in [0.2, 0.25) is 6.79 Å². The van der Waals surface area contributed by atoms with E-state index >= 15 is 0 Å². The van der Waals surface area contributed by atoms with Gasteiger partial charge in [-0.1, -0.05) is 48.6 Å². The molecule has 0 unspecified atom stereocenters. The molecule has 0 bridgehead atoms. The highest BCUT2D eigenvalue weighted by molar-refractivity contribution is 7.80. The molecule has 0 amide bonds. The lowest BCUT2D eigenvalue weighted by Gasteiger charge is -2.35. The minimum absolute atomic E-state index is 0.301. The van der Waals surface area contributed by atoms with E-state index in [-0.39, 0.29) is 0 Å². The number of hydrogen-bond donors (Lipinski definition) is 1. The lowest BCUT2D eigenvalue weighted by atomic mass is 10.2. The molecular formula is C22H25N3O2S. The highest BCUT2D eigenvalue weighted by Crippen LogP contribution is 2.32. The molecule has 0 spiro atoms. The molecule has 0 aliphatic carbocycles. The fourth-order valence-electron chi connectivity index (χ4n) is 3.38. The van der Waals surface area contributed by atoms with Crippen LogP contribution in [0.1, 0.15) is 11.1 Å². The van der Waals surface area contributed by atoms with Crippen molar-refractivity contribution in [1.29, 1.82) is 0 Å². The predicted octanol–water partition coefficient (Wildman–Crippen LogP) is 3.12. The number of ether oxygens (including phenoxy) is 2. The van der Waals surface area contributed by atoms with E-state index in [1.807, 2.05) is 24.3 Å². The van der Waals surface area contributed by atoms with Gasteiger partial charge in [0.05, 0.1) is 0 Å². The van der Waals surface area contributed by atoms with Crippen LogP contribution in [-0.2, 0) is 6.54 Å². The van der Waals surface area contributed by atoms with Crippen LogP contribution in [0.5, 0.6) is 11.5 Å². The van der Waals surface area contributed by atoms with Gasteiger partial charge < -0.3 is 19.7 Å². The largest absolute Gasteiger partial charge is 0.454 e. The van der Waals surface area contributed by atoms with Crippen LogP contribution in [0.3, 0.4) is 0 Å². The first-order chi connectivity index (χ1) is 13.8. The van der Waals surface area contributed by atoms with E-state index in [1.54, 1.807) is 0 Å². The summed E-state index contributed by atoms with van der Waals surface area (Å²) >= 11 is 5.59. The van der Waals surface area contributed by atoms with Gasteiger partial charge >= 0.3 is 0 Å². The first kappa shape index (κ1) is 18.8. The number of nitrogens with one attached hydrogen (secondary N) is 1. The third kappa shape index (κ3) is 4.82. The molecule has 1 N–H and O–H groups in total. The van der Waals surface area contributed by atoms with Gasteiger partial charge in [0.1, 0.15) is 0 Å². The predicted molar refractivity (Wildman–Crippen MR) is 115 cm³/mol. The molecule has 2 aliphatic rings. The van der Waals surface area contributed by atoms with E-state index in [4.69, 9.17) is 21.7 Å². The zero-order valence-electron chi connectivity index (χ0n) is 15.8. The number of thiocarbonyl (C=S) groups is 1. The molecular weight excluding hydrogens is 370 g/mol. The van der Waals surface area contributed by atoms with Gasteiger partial charge in [-0.15, -0.1) is 0 Å². The normalized spacial score (nSPS) is 16.5. The first-order valence-corrected chi connectivity index (χ1v) is 10.0. The highest BCUT2D eigenvalue weighted by atomic mass is 32.1. The van der Waals surface area contributed by atoms with Crippen LogP contribution in [0.2, 0.25) is 0 Å². The Bertz CT molecular complexity index is 833. The van der Waals surface area contributed by atoms with Crippen molar-refractivity contribution in [2.45, 2.75) is 6.54 Å². The van der Waals surface area contributed by atoms with Crippen molar-refractivity contribution in [3.05, 3.63) is 65.7 Å². The zero-order valence-corrected chi connectivity index (χ0v) is 16.7. The summed E-state index contributed by atoms with van der Waals surface area (Å²) in [7, 11) is 0. The Kier molecular flexibility index (Phi) is 6.09. The summed E-state index contributed by atoms with van der Waals surface area (Å²) < 4.78 is 10.8. The molecule has 1 fully saturated rings. The Morgan fingerprint density at radius 3 is 2.61 bits per heavy atom. The van der Waals surface area contributed by atoms with Gasteiger partial charge in [0, 0.05) is 39.3 Å². The van der Waals surface area contributed by atoms with Crippen molar-refractivity contribution >= 4 is 23.4 Å². The highest BCUT2D eigenvalue weighted by Gasteiger charge is 2.18. The molecule has 28 heavy (non-hydrogen) atoms. The van der Waals surface area contributed by atoms with E-state index in [2.05, 4.69) is 51.5 Å². The van der Waals surface area contributed by atoms with Crippen LogP contribution in [0.15, 0.2) is 54.6 Å². The summed E-state index contributed by atoms with van der Waals surface area (Å²) in [5, 5.41) is 4.18. The average molecular weight is 396 g/mol. The first-order valence-electron chi connectivity index (χ1n) is 9.63. The van der Waals surface area contributed by atoms with Crippen LogP contribution in [0.25, 0.3) is 6.08 Å². The Labute approximate surface area is 171 Å². The van der Waals surface area contributed by atoms with Crippen molar-refractivity contribution in [3.63, 3.8) is 0 Å². The second-order valence-electron chi connectivity index (χ2n) is 6.95. The molecule has 6 heteroatoms. The molecule has 0 radical (unpaired) electrons. The molecule has 1 saturated heterocycles. The van der Waals surface area contributed by atoms with Gasteiger partial charge in [-0.2, -0.15) is 0 Å². The average Bonchev–Trinajstić information content (AvgIpc) is 3.21. The van der Waals surface area contributed by atoms with E-state index < -0.39 is 0 Å². The van der Waals surface area contributed by atoms with Crippen molar-refractivity contribution < 1.29 is 9.47 Å². The second kappa shape index (κ2) is 9.08. The fourth-order valence-corrected chi connectivity index (χ4v) is 3.63. The van der Waals surface area contributed by atoms with Gasteiger partial charge in [-0.05, 0) is 35.5 Å². The Balaban J connectivity index is 1.19.